The van der Waals surface area contributed by atoms with Gasteiger partial charge in [0.1, 0.15) is 0 Å². The molecule has 224 valence electrons. The van der Waals surface area contributed by atoms with Crippen LogP contribution in [0.5, 0.6) is 0 Å². The quantitative estimate of drug-likeness (QED) is 0.177. The monoisotopic (exact) mass is 710 g/mol. The van der Waals surface area contributed by atoms with Crippen LogP contribution in [0.3, 0.4) is 0 Å². The molecule has 0 bridgehead atoms. The molecule has 0 aliphatic rings. The molecule has 0 N–H and O–H groups in total. The van der Waals surface area contributed by atoms with E-state index in [1.54, 1.807) is 10.4 Å². The molecule has 44 heavy (non-hydrogen) atoms. The SMILES string of the molecule is Cc1[cH-]c2cccc(-c3ccc(C(C)C)cc3)c2c1[Si](C)(C)c1c(C)[cH-]c2cccc(-c3ccc(C(C)C)cc3)c12.[Cl-].[Cl-].[Zr+4]. The number of rotatable bonds is 6. The predicted molar refractivity (Wildman–Crippen MR) is 184 cm³/mol. The van der Waals surface area contributed by atoms with Gasteiger partial charge in [0.05, 0.1) is 0 Å². The minimum atomic E-state index is -2.16. The zero-order chi connectivity index (χ0) is 29.1. The molecule has 0 heterocycles. The Morgan fingerprint density at radius 2 is 0.864 bits per heavy atom. The van der Waals surface area contributed by atoms with Crippen LogP contribution < -0.4 is 35.2 Å². The molecule has 6 aromatic carbocycles. The molecule has 0 aliphatic carbocycles. The third-order valence-corrected chi connectivity index (χ3v) is 13.0. The predicted octanol–water partition coefficient (Wildman–Crippen LogP) is 4.46. The number of fused-ring (bicyclic) bond motifs is 2. The van der Waals surface area contributed by atoms with Crippen molar-refractivity contribution < 1.29 is 51.0 Å². The van der Waals surface area contributed by atoms with Crippen LogP contribution in [0.15, 0.2) is 97.1 Å². The zero-order valence-corrected chi connectivity index (χ0v) is 32.1. The van der Waals surface area contributed by atoms with Gasteiger partial charge in [0.25, 0.3) is 0 Å². The van der Waals surface area contributed by atoms with E-state index in [4.69, 9.17) is 0 Å². The van der Waals surface area contributed by atoms with Crippen molar-refractivity contribution in [3.8, 4) is 22.3 Å². The van der Waals surface area contributed by atoms with Gasteiger partial charge in [-0.1, -0.05) is 126 Å². The van der Waals surface area contributed by atoms with Crippen molar-refractivity contribution in [3.05, 3.63) is 119 Å². The van der Waals surface area contributed by atoms with Gasteiger partial charge in [-0.15, -0.1) is 69.1 Å². The fourth-order valence-corrected chi connectivity index (χ4v) is 11.4. The first-order valence-electron chi connectivity index (χ1n) is 15.2. The second-order valence-corrected chi connectivity index (χ2v) is 17.4. The molecule has 4 heteroatoms. The van der Waals surface area contributed by atoms with Crippen molar-refractivity contribution in [2.45, 2.75) is 66.5 Å². The first-order chi connectivity index (χ1) is 19.6. The number of hydrogen-bond acceptors (Lipinski definition) is 0. The molecule has 0 nitrogen and oxygen atoms in total. The standard InChI is InChI=1S/C40H42Si.2ClH.Zr/c1-25(2)29-15-19-31(20-16-29)35-13-9-11-33-23-27(5)39(37(33)35)41(7,8)40-28(6)24-34-12-10-14-36(38(34)40)32-21-17-30(18-22-32)26(3)4;;;/h9-26H,1-8H3;2*1H;/q-2;;;+4/p-2. The molecule has 0 unspecified atom stereocenters. The van der Waals surface area contributed by atoms with E-state index in [0.29, 0.717) is 11.8 Å². The molecule has 0 saturated heterocycles. The van der Waals surface area contributed by atoms with Crippen molar-refractivity contribution in [2.24, 2.45) is 0 Å². The van der Waals surface area contributed by atoms with Gasteiger partial charge in [-0.2, -0.15) is 10.4 Å². The van der Waals surface area contributed by atoms with Crippen LogP contribution in [-0.2, 0) is 26.2 Å². The third kappa shape index (κ3) is 6.26. The van der Waals surface area contributed by atoms with Gasteiger partial charge in [-0.3, -0.25) is 0 Å². The molecule has 0 saturated carbocycles. The zero-order valence-electron chi connectivity index (χ0n) is 27.1. The molecule has 0 spiro atoms. The van der Waals surface area contributed by atoms with Crippen LogP contribution in [0.2, 0.25) is 13.1 Å². The molecule has 0 atom stereocenters. The fraction of sp³-hybridized carbons (Fsp3) is 0.250. The maximum absolute atomic E-state index is 2.58. The Morgan fingerprint density at radius 1 is 0.523 bits per heavy atom. The molecular weight excluding hydrogens is 671 g/mol. The minimum absolute atomic E-state index is 0. The first kappa shape index (κ1) is 36.3. The van der Waals surface area contributed by atoms with Crippen molar-refractivity contribution in [1.29, 1.82) is 0 Å². The molecule has 6 aromatic rings. The van der Waals surface area contributed by atoms with Crippen LogP contribution >= 0.6 is 0 Å². The van der Waals surface area contributed by atoms with Crippen LogP contribution in [0, 0.1) is 13.8 Å². The Labute approximate surface area is 297 Å². The van der Waals surface area contributed by atoms with E-state index in [-0.39, 0.29) is 51.0 Å². The van der Waals surface area contributed by atoms with E-state index >= 15 is 0 Å². The summed E-state index contributed by atoms with van der Waals surface area (Å²) < 4.78 is 0. The molecule has 0 aromatic heterocycles. The largest absolute Gasteiger partial charge is 4.00 e. The summed E-state index contributed by atoms with van der Waals surface area (Å²) in [5.74, 6) is 1.07. The van der Waals surface area contributed by atoms with Gasteiger partial charge >= 0.3 is 26.2 Å². The van der Waals surface area contributed by atoms with Gasteiger partial charge in [-0.25, -0.2) is 0 Å². The first-order valence-corrected chi connectivity index (χ1v) is 18.2. The molecule has 0 fully saturated rings. The average molecular weight is 713 g/mol. The van der Waals surface area contributed by atoms with Crippen molar-refractivity contribution in [2.75, 3.05) is 0 Å². The Balaban J connectivity index is 0.00000176. The van der Waals surface area contributed by atoms with E-state index in [0.717, 1.165) is 0 Å². The van der Waals surface area contributed by atoms with E-state index in [1.165, 1.54) is 66.1 Å². The summed E-state index contributed by atoms with van der Waals surface area (Å²) in [6.45, 7) is 18.9. The molecule has 6 rings (SSSR count). The summed E-state index contributed by atoms with van der Waals surface area (Å²) in [5.41, 5.74) is 11.0. The van der Waals surface area contributed by atoms with Crippen molar-refractivity contribution in [1.82, 2.24) is 0 Å². The third-order valence-electron chi connectivity index (χ3n) is 9.25. The second kappa shape index (κ2) is 14.0. The molecule has 0 amide bonds. The van der Waals surface area contributed by atoms with Crippen LogP contribution in [-0.4, -0.2) is 8.07 Å². The maximum atomic E-state index is 2.58. The summed E-state index contributed by atoms with van der Waals surface area (Å²) in [6, 6.07) is 37.1. The van der Waals surface area contributed by atoms with Crippen LogP contribution in [0.1, 0.15) is 61.8 Å². The van der Waals surface area contributed by atoms with Crippen molar-refractivity contribution in [3.63, 3.8) is 0 Å². The van der Waals surface area contributed by atoms with Gasteiger partial charge in [0, 0.05) is 8.07 Å². The second-order valence-electron chi connectivity index (χ2n) is 13.1. The van der Waals surface area contributed by atoms with Gasteiger partial charge in [-0.05, 0) is 34.1 Å². The smallest absolute Gasteiger partial charge is 1.00 e. The number of aryl methyl sites for hydroxylation is 2. The minimum Gasteiger partial charge on any atom is -1.00 e. The number of halogens is 2. The molecule has 0 radical (unpaired) electrons. The topological polar surface area (TPSA) is 0 Å². The van der Waals surface area contributed by atoms with E-state index in [1.807, 2.05) is 0 Å². The van der Waals surface area contributed by atoms with Gasteiger partial charge in [0.15, 0.2) is 0 Å². The van der Waals surface area contributed by atoms with Gasteiger partial charge in [0.2, 0.25) is 0 Å². The van der Waals surface area contributed by atoms with Crippen LogP contribution in [0.4, 0.5) is 0 Å². The van der Waals surface area contributed by atoms with Crippen LogP contribution in [0.25, 0.3) is 43.8 Å². The average Bonchev–Trinajstić information content (AvgIpc) is 3.49. The van der Waals surface area contributed by atoms with E-state index in [9.17, 15) is 0 Å². The summed E-state index contributed by atoms with van der Waals surface area (Å²) in [7, 11) is -2.16. The van der Waals surface area contributed by atoms with Gasteiger partial charge < -0.3 is 24.8 Å². The van der Waals surface area contributed by atoms with E-state index in [2.05, 4.69) is 152 Å². The summed E-state index contributed by atoms with van der Waals surface area (Å²) in [5, 5.41) is 8.79. The Bertz CT molecular complexity index is 1730. The summed E-state index contributed by atoms with van der Waals surface area (Å²) in [4.78, 5) is 0. The van der Waals surface area contributed by atoms with Crippen molar-refractivity contribution >= 4 is 40.0 Å². The Kier molecular flexibility index (Phi) is 11.6. The number of hydrogen-bond donors (Lipinski definition) is 0. The van der Waals surface area contributed by atoms with E-state index < -0.39 is 8.07 Å². The molecule has 0 aliphatic heterocycles. The fourth-order valence-electron chi connectivity index (χ4n) is 7.26. The summed E-state index contributed by atoms with van der Waals surface area (Å²) >= 11 is 0. The Morgan fingerprint density at radius 3 is 1.18 bits per heavy atom. The number of benzene rings is 4. The molecular formula is C40H42Cl2SiZr. The Hall–Kier alpha value is -2.22. The maximum Gasteiger partial charge on any atom is 4.00 e. The summed E-state index contributed by atoms with van der Waals surface area (Å²) in [6.07, 6.45) is 0. The normalized spacial score (nSPS) is 11.5.